The van der Waals surface area contributed by atoms with Gasteiger partial charge in [0, 0.05) is 36.6 Å². The Hall–Kier alpha value is -3.59. The molecular formula is C22H16ClF2N3O4. The summed E-state index contributed by atoms with van der Waals surface area (Å²) in [6, 6.07) is 11.6. The summed E-state index contributed by atoms with van der Waals surface area (Å²) in [5.41, 5.74) is 1.46. The van der Waals surface area contributed by atoms with Gasteiger partial charge in [-0.15, -0.1) is 0 Å². The molecule has 0 bridgehead atoms. The Balaban J connectivity index is 1.49. The Labute approximate surface area is 186 Å². The first-order chi connectivity index (χ1) is 15.4. The second-order valence-corrected chi connectivity index (χ2v) is 7.29. The number of hydrogen-bond acceptors (Lipinski definition) is 6. The lowest BCUT2D eigenvalue weighted by Crippen LogP contribution is -2.23. The molecule has 0 fully saturated rings. The summed E-state index contributed by atoms with van der Waals surface area (Å²) in [4.78, 5) is 35.0. The normalized spacial score (nSPS) is 12.8. The highest BCUT2D eigenvalue weighted by molar-refractivity contribution is 6.31. The van der Waals surface area contributed by atoms with E-state index in [0.29, 0.717) is 22.4 Å². The molecule has 3 aromatic rings. The second-order valence-electron chi connectivity index (χ2n) is 6.88. The zero-order valence-corrected chi connectivity index (χ0v) is 17.3. The van der Waals surface area contributed by atoms with Crippen LogP contribution < -0.4 is 9.47 Å². The third-order valence-corrected chi connectivity index (χ3v) is 4.92. The van der Waals surface area contributed by atoms with Crippen molar-refractivity contribution < 1.29 is 27.8 Å². The first-order valence-corrected chi connectivity index (χ1v) is 9.90. The minimum Gasteiger partial charge on any atom is -0.471 e. The van der Waals surface area contributed by atoms with E-state index >= 15 is 0 Å². The molecule has 0 saturated heterocycles. The van der Waals surface area contributed by atoms with Gasteiger partial charge in [-0.1, -0.05) is 29.8 Å². The molecule has 7 nitrogen and oxygen atoms in total. The van der Waals surface area contributed by atoms with E-state index in [9.17, 15) is 18.4 Å². The summed E-state index contributed by atoms with van der Waals surface area (Å²) in [7, 11) is 0. The van der Waals surface area contributed by atoms with Gasteiger partial charge in [-0.2, -0.15) is 0 Å². The zero-order valence-electron chi connectivity index (χ0n) is 16.5. The van der Waals surface area contributed by atoms with Crippen LogP contribution in [-0.2, 0) is 13.1 Å². The number of benzene rings is 1. The van der Waals surface area contributed by atoms with E-state index in [4.69, 9.17) is 21.1 Å². The van der Waals surface area contributed by atoms with E-state index in [0.717, 1.165) is 0 Å². The molecular weight excluding hydrogens is 444 g/mol. The van der Waals surface area contributed by atoms with Crippen molar-refractivity contribution in [1.82, 2.24) is 14.9 Å². The fourth-order valence-corrected chi connectivity index (χ4v) is 3.50. The van der Waals surface area contributed by atoms with Gasteiger partial charge in [-0.05, 0) is 29.8 Å². The van der Waals surface area contributed by atoms with E-state index < -0.39 is 19.0 Å². The lowest BCUT2D eigenvalue weighted by molar-refractivity contribution is 0.0721. The number of aromatic nitrogens is 2. The molecule has 0 radical (unpaired) electrons. The Morgan fingerprint density at radius 3 is 2.69 bits per heavy atom. The third kappa shape index (κ3) is 4.67. The number of nitrogens with zero attached hydrogens (tertiary/aromatic N) is 3. The van der Waals surface area contributed by atoms with Crippen molar-refractivity contribution in [3.05, 3.63) is 82.3 Å². The topological polar surface area (TPSA) is 81.6 Å². The summed E-state index contributed by atoms with van der Waals surface area (Å²) < 4.78 is 34.8. The monoisotopic (exact) mass is 459 g/mol. The highest BCUT2D eigenvalue weighted by Gasteiger charge is 2.32. The van der Waals surface area contributed by atoms with E-state index in [1.807, 2.05) is 0 Å². The van der Waals surface area contributed by atoms with Crippen LogP contribution >= 0.6 is 11.6 Å². The van der Waals surface area contributed by atoms with Crippen LogP contribution in [0.5, 0.6) is 11.6 Å². The number of fused-ring (bicyclic) bond motifs is 1. The molecule has 3 heterocycles. The summed E-state index contributed by atoms with van der Waals surface area (Å²) in [6.07, 6.45) is 0.130. The van der Waals surface area contributed by atoms with E-state index in [1.54, 1.807) is 36.4 Å². The Morgan fingerprint density at radius 1 is 1.19 bits per heavy atom. The number of carbonyl (C=O) groups is 2. The molecule has 1 amide bonds. The number of para-hydroxylation sites is 1. The molecule has 10 heteroatoms. The fraction of sp³-hybridized carbons (Fsp3) is 0.182. The van der Waals surface area contributed by atoms with Gasteiger partial charge < -0.3 is 14.4 Å². The van der Waals surface area contributed by atoms with E-state index in [1.165, 1.54) is 23.4 Å². The van der Waals surface area contributed by atoms with Crippen molar-refractivity contribution >= 4 is 23.5 Å². The molecule has 2 aromatic heterocycles. The molecule has 1 aliphatic heterocycles. The Morgan fingerprint density at radius 2 is 1.97 bits per heavy atom. The molecule has 0 atom stereocenters. The first kappa shape index (κ1) is 21.6. The average molecular weight is 460 g/mol. The maximum absolute atomic E-state index is 12.8. The molecule has 0 aliphatic carbocycles. The lowest BCUT2D eigenvalue weighted by atomic mass is 10.1. The molecule has 1 aliphatic rings. The SMILES string of the molecule is O=C(Oc1ccccc1)c1nccc2c1CN(Cc1cnc(OCC(F)F)c(Cl)c1)C2=O. The molecule has 32 heavy (non-hydrogen) atoms. The molecule has 0 spiro atoms. The van der Waals surface area contributed by atoms with Gasteiger partial charge in [0.15, 0.2) is 12.3 Å². The van der Waals surface area contributed by atoms with Crippen LogP contribution in [0.25, 0.3) is 0 Å². The van der Waals surface area contributed by atoms with Gasteiger partial charge in [0.05, 0.1) is 0 Å². The van der Waals surface area contributed by atoms with Crippen LogP contribution in [0.2, 0.25) is 5.02 Å². The minimum atomic E-state index is -2.65. The summed E-state index contributed by atoms with van der Waals surface area (Å²) >= 11 is 6.06. The third-order valence-electron chi connectivity index (χ3n) is 4.65. The molecule has 0 saturated carbocycles. The van der Waals surface area contributed by atoms with Crippen LogP contribution in [0.3, 0.4) is 0 Å². The van der Waals surface area contributed by atoms with Crippen molar-refractivity contribution in [3.63, 3.8) is 0 Å². The van der Waals surface area contributed by atoms with Crippen molar-refractivity contribution in [1.29, 1.82) is 0 Å². The lowest BCUT2D eigenvalue weighted by Gasteiger charge is -2.16. The number of ether oxygens (including phenoxy) is 2. The highest BCUT2D eigenvalue weighted by atomic mass is 35.5. The van der Waals surface area contributed by atoms with Gasteiger partial charge in [0.1, 0.15) is 10.8 Å². The van der Waals surface area contributed by atoms with Gasteiger partial charge >= 0.3 is 5.97 Å². The van der Waals surface area contributed by atoms with E-state index in [2.05, 4.69) is 9.97 Å². The van der Waals surface area contributed by atoms with E-state index in [-0.39, 0.29) is 35.6 Å². The number of carbonyl (C=O) groups excluding carboxylic acids is 2. The number of rotatable bonds is 7. The van der Waals surface area contributed by atoms with Crippen molar-refractivity contribution in [2.24, 2.45) is 0 Å². The minimum absolute atomic E-state index is 0.0566. The Kier molecular flexibility index (Phi) is 6.27. The number of hydrogen-bond donors (Lipinski definition) is 0. The number of alkyl halides is 2. The molecule has 4 rings (SSSR count). The standard InChI is InChI=1S/C22H16ClF2N3O4/c23-17-8-13(9-27-20(17)31-12-18(24)25)10-28-11-16-15(21(28)29)6-7-26-19(16)22(30)32-14-4-2-1-3-5-14/h1-9,18H,10-12H2. The van der Waals surface area contributed by atoms with Gasteiger partial charge in [-0.3, -0.25) is 4.79 Å². The van der Waals surface area contributed by atoms with Crippen LogP contribution in [-0.4, -0.2) is 39.8 Å². The molecule has 0 unspecified atom stereocenters. The first-order valence-electron chi connectivity index (χ1n) is 9.52. The maximum Gasteiger partial charge on any atom is 0.362 e. The smallest absolute Gasteiger partial charge is 0.362 e. The predicted molar refractivity (Wildman–Crippen MR) is 110 cm³/mol. The number of amides is 1. The van der Waals surface area contributed by atoms with Crippen molar-refractivity contribution in [2.75, 3.05) is 6.61 Å². The van der Waals surface area contributed by atoms with Crippen molar-refractivity contribution in [3.8, 4) is 11.6 Å². The quantitative estimate of drug-likeness (QED) is 0.390. The summed E-state index contributed by atoms with van der Waals surface area (Å²) in [6.45, 7) is -0.536. The largest absolute Gasteiger partial charge is 0.471 e. The van der Waals surface area contributed by atoms with Crippen LogP contribution in [0.15, 0.2) is 54.9 Å². The number of pyridine rings is 2. The van der Waals surface area contributed by atoms with Gasteiger partial charge in [0.25, 0.3) is 12.3 Å². The molecule has 0 N–H and O–H groups in total. The molecule has 1 aromatic carbocycles. The zero-order chi connectivity index (χ0) is 22.7. The summed E-state index contributed by atoms with van der Waals surface area (Å²) in [5.74, 6) is -0.687. The average Bonchev–Trinajstić information content (AvgIpc) is 3.09. The number of halogens is 3. The van der Waals surface area contributed by atoms with Gasteiger partial charge in [0.2, 0.25) is 5.88 Å². The van der Waals surface area contributed by atoms with Crippen LogP contribution in [0.1, 0.15) is 32.0 Å². The number of esters is 1. The van der Waals surface area contributed by atoms with Crippen LogP contribution in [0, 0.1) is 0 Å². The maximum atomic E-state index is 12.8. The van der Waals surface area contributed by atoms with Crippen LogP contribution in [0.4, 0.5) is 8.78 Å². The predicted octanol–water partition coefficient (Wildman–Crippen LogP) is 4.15. The fourth-order valence-electron chi connectivity index (χ4n) is 3.25. The van der Waals surface area contributed by atoms with Gasteiger partial charge in [-0.25, -0.2) is 23.5 Å². The summed E-state index contributed by atoms with van der Waals surface area (Å²) in [5, 5.41) is 0.0566. The molecule has 164 valence electrons. The van der Waals surface area contributed by atoms with Crippen molar-refractivity contribution in [2.45, 2.75) is 19.5 Å². The highest BCUT2D eigenvalue weighted by Crippen LogP contribution is 2.29. The second kappa shape index (κ2) is 9.27. The Bertz CT molecular complexity index is 1160.